The summed E-state index contributed by atoms with van der Waals surface area (Å²) in [6.07, 6.45) is 5.23. The third kappa shape index (κ3) is 3.85. The summed E-state index contributed by atoms with van der Waals surface area (Å²) in [7, 11) is 0. The largest absolute Gasteiger partial charge is 1.00 e. The van der Waals surface area contributed by atoms with Gasteiger partial charge < -0.3 is 27.7 Å². The van der Waals surface area contributed by atoms with E-state index < -0.39 is 17.3 Å². The smallest absolute Gasteiger partial charge is 0.341 e. The van der Waals surface area contributed by atoms with Crippen LogP contribution in [0.4, 0.5) is 10.1 Å². The van der Waals surface area contributed by atoms with Crippen molar-refractivity contribution in [3.8, 4) is 0 Å². The maximum absolute atomic E-state index is 15.1. The summed E-state index contributed by atoms with van der Waals surface area (Å²) in [6.45, 7) is 6.64. The minimum Gasteiger partial charge on any atom is -1.00 e. The topological polar surface area (TPSA) is 78.6 Å². The number of halogens is 2. The number of carboxylic acids is 1. The van der Waals surface area contributed by atoms with Crippen molar-refractivity contribution in [2.75, 3.05) is 24.5 Å². The number of pyridine rings is 2. The Balaban J connectivity index is 0.00000240. The van der Waals surface area contributed by atoms with E-state index in [4.69, 9.17) is 0 Å². The van der Waals surface area contributed by atoms with Crippen LogP contribution in [0.1, 0.15) is 60.0 Å². The zero-order chi connectivity index (χ0) is 20.0. The lowest BCUT2D eigenvalue weighted by Crippen LogP contribution is -3.00. The van der Waals surface area contributed by atoms with Crippen LogP contribution >= 0.6 is 0 Å². The van der Waals surface area contributed by atoms with E-state index in [-0.39, 0.29) is 23.9 Å². The number of hydrogen-bond donors (Lipinski definition) is 2. The second-order valence-corrected chi connectivity index (χ2v) is 8.09. The molecule has 0 bridgehead atoms. The van der Waals surface area contributed by atoms with Crippen molar-refractivity contribution in [1.82, 2.24) is 4.40 Å². The first-order valence-corrected chi connectivity index (χ1v) is 10.1. The van der Waals surface area contributed by atoms with Gasteiger partial charge >= 0.3 is 5.97 Å². The predicted octanol–water partition coefficient (Wildman–Crippen LogP) is -1.12. The van der Waals surface area contributed by atoms with Gasteiger partial charge in [0.25, 0.3) is 5.56 Å². The van der Waals surface area contributed by atoms with Crippen LogP contribution in [-0.2, 0) is 0 Å². The zero-order valence-corrected chi connectivity index (χ0v) is 17.5. The number of nitrogens with zero attached hydrogens (tertiary/aromatic N) is 2. The molecule has 0 unspecified atom stereocenters. The van der Waals surface area contributed by atoms with Gasteiger partial charge in [-0.2, -0.15) is 0 Å². The lowest BCUT2D eigenvalue weighted by Gasteiger charge is -2.23. The lowest BCUT2D eigenvalue weighted by atomic mass is 10.0. The van der Waals surface area contributed by atoms with E-state index in [1.807, 2.05) is 6.92 Å². The quantitative estimate of drug-likeness (QED) is 0.617. The molecule has 0 radical (unpaired) electrons. The van der Waals surface area contributed by atoms with Crippen LogP contribution in [0, 0.1) is 12.7 Å². The molecule has 0 spiro atoms. The van der Waals surface area contributed by atoms with E-state index in [2.05, 4.69) is 17.1 Å². The Bertz CT molecular complexity index is 1000. The number of rotatable bonds is 6. The molecule has 1 aliphatic heterocycles. The van der Waals surface area contributed by atoms with Crippen molar-refractivity contribution >= 4 is 17.2 Å². The van der Waals surface area contributed by atoms with Gasteiger partial charge in [0, 0.05) is 13.0 Å². The Morgan fingerprint density at radius 3 is 2.69 bits per heavy atom. The Labute approximate surface area is 175 Å². The standard InChI is InChI=1S/C21H26FN3O3.ClH/c1-3-7-23-14-6-8-24(10-14)19-12(2)18-15(13-4-5-13)9-16(21(27)28)20(26)25(18)11-17(19)22;/h9,11,13-14,23H,3-8,10H2,1-2H3,(H,27,28);1H/t14-;/m0./s1. The Hall–Kier alpha value is -2.12. The summed E-state index contributed by atoms with van der Waals surface area (Å²) in [4.78, 5) is 26.3. The number of aromatic nitrogens is 1. The third-order valence-electron chi connectivity index (χ3n) is 6.02. The molecule has 3 N–H and O–H groups in total. The molecule has 2 aromatic rings. The molecule has 6 nitrogen and oxygen atoms in total. The van der Waals surface area contributed by atoms with Crippen LogP contribution in [0.3, 0.4) is 0 Å². The van der Waals surface area contributed by atoms with Crippen LogP contribution in [0.2, 0.25) is 0 Å². The fourth-order valence-corrected chi connectivity index (χ4v) is 4.47. The molecule has 1 atom stereocenters. The minimum atomic E-state index is -1.27. The number of carbonyl (C=O) groups is 1. The van der Waals surface area contributed by atoms with Gasteiger partial charge in [0.2, 0.25) is 0 Å². The van der Waals surface area contributed by atoms with Crippen LogP contribution in [0.25, 0.3) is 5.52 Å². The van der Waals surface area contributed by atoms with E-state index in [1.54, 1.807) is 0 Å². The molecule has 29 heavy (non-hydrogen) atoms. The fourth-order valence-electron chi connectivity index (χ4n) is 4.47. The van der Waals surface area contributed by atoms with E-state index in [0.29, 0.717) is 17.2 Å². The highest BCUT2D eigenvalue weighted by Crippen LogP contribution is 2.44. The van der Waals surface area contributed by atoms with Gasteiger partial charge in [-0.05, 0) is 49.3 Å². The lowest BCUT2D eigenvalue weighted by molar-refractivity contribution is -0.685. The van der Waals surface area contributed by atoms with Gasteiger partial charge in [0.1, 0.15) is 11.6 Å². The molecule has 8 heteroatoms. The molecule has 1 saturated heterocycles. The Morgan fingerprint density at radius 1 is 1.34 bits per heavy atom. The number of quaternary nitrogens is 1. The summed E-state index contributed by atoms with van der Waals surface area (Å²) in [5.74, 6) is -1.49. The van der Waals surface area contributed by atoms with Crippen LogP contribution in [0.15, 0.2) is 17.1 Å². The van der Waals surface area contributed by atoms with E-state index >= 15 is 4.39 Å². The molecule has 3 heterocycles. The van der Waals surface area contributed by atoms with Crippen molar-refractivity contribution in [2.24, 2.45) is 0 Å². The molecule has 1 aliphatic carbocycles. The minimum absolute atomic E-state index is 0. The summed E-state index contributed by atoms with van der Waals surface area (Å²) < 4.78 is 16.3. The van der Waals surface area contributed by atoms with Crippen molar-refractivity contribution in [2.45, 2.75) is 51.5 Å². The van der Waals surface area contributed by atoms with E-state index in [0.717, 1.165) is 56.4 Å². The average Bonchev–Trinajstić information content (AvgIpc) is 3.39. The van der Waals surface area contributed by atoms with Crippen molar-refractivity contribution < 1.29 is 32.0 Å². The molecular weight excluding hydrogens is 397 g/mol. The number of aromatic carboxylic acids is 1. The number of anilines is 1. The first kappa shape index (κ1) is 21.6. The SMILES string of the molecule is CCC[NH2+][C@H]1CCN(c2c(F)cn3c(=O)c(C(=O)O)cc(C4CC4)c3c2C)C1.[Cl-]. The first-order chi connectivity index (χ1) is 13.4. The van der Waals surface area contributed by atoms with Crippen LogP contribution < -0.4 is 28.2 Å². The third-order valence-corrected chi connectivity index (χ3v) is 6.02. The fraction of sp³-hybridized carbons (Fsp3) is 0.524. The molecule has 4 rings (SSSR count). The molecule has 1 saturated carbocycles. The Kier molecular flexibility index (Phi) is 6.19. The number of aryl methyl sites for hydroxylation is 1. The highest BCUT2D eigenvalue weighted by molar-refractivity contribution is 5.89. The number of fused-ring (bicyclic) bond motifs is 1. The monoisotopic (exact) mass is 423 g/mol. The van der Waals surface area contributed by atoms with Crippen LogP contribution in [-0.4, -0.2) is 41.2 Å². The second-order valence-electron chi connectivity index (χ2n) is 8.09. The molecule has 158 valence electrons. The summed E-state index contributed by atoms with van der Waals surface area (Å²) in [5, 5.41) is 11.7. The van der Waals surface area contributed by atoms with Gasteiger partial charge in [0.15, 0.2) is 5.82 Å². The molecular formula is C21H27ClFN3O3. The molecule has 2 aliphatic rings. The summed E-state index contributed by atoms with van der Waals surface area (Å²) in [5.41, 5.74) is 1.85. The predicted molar refractivity (Wildman–Crippen MR) is 105 cm³/mol. The maximum atomic E-state index is 15.1. The molecule has 0 aromatic carbocycles. The second kappa shape index (κ2) is 8.32. The Morgan fingerprint density at radius 2 is 2.07 bits per heavy atom. The average molecular weight is 424 g/mol. The highest BCUT2D eigenvalue weighted by Gasteiger charge is 2.32. The van der Waals surface area contributed by atoms with E-state index in [1.165, 1.54) is 16.7 Å². The van der Waals surface area contributed by atoms with Crippen LogP contribution in [0.5, 0.6) is 0 Å². The number of hydrogen-bond acceptors (Lipinski definition) is 3. The normalized spacial score (nSPS) is 18.9. The zero-order valence-electron chi connectivity index (χ0n) is 16.8. The number of carboxylic acid groups (broad SMARTS) is 1. The van der Waals surface area contributed by atoms with Crippen molar-refractivity contribution in [3.05, 3.63) is 45.1 Å². The van der Waals surface area contributed by atoms with Gasteiger partial charge in [-0.15, -0.1) is 0 Å². The number of nitrogens with two attached hydrogens (primary N) is 1. The molecule has 2 fully saturated rings. The van der Waals surface area contributed by atoms with Crippen molar-refractivity contribution in [3.63, 3.8) is 0 Å². The van der Waals surface area contributed by atoms with Gasteiger partial charge in [-0.3, -0.25) is 9.20 Å². The summed E-state index contributed by atoms with van der Waals surface area (Å²) in [6, 6.07) is 1.96. The van der Waals surface area contributed by atoms with E-state index in [9.17, 15) is 14.7 Å². The van der Waals surface area contributed by atoms with Crippen molar-refractivity contribution in [1.29, 1.82) is 0 Å². The maximum Gasteiger partial charge on any atom is 0.341 e. The highest BCUT2D eigenvalue weighted by atomic mass is 35.5. The van der Waals surface area contributed by atoms with Gasteiger partial charge in [-0.1, -0.05) is 6.92 Å². The molecule has 0 amide bonds. The van der Waals surface area contributed by atoms with Gasteiger partial charge in [-0.25, -0.2) is 9.18 Å². The van der Waals surface area contributed by atoms with Gasteiger partial charge in [0.05, 0.1) is 30.5 Å². The molecule has 2 aromatic heterocycles. The summed E-state index contributed by atoms with van der Waals surface area (Å²) >= 11 is 0. The first-order valence-electron chi connectivity index (χ1n) is 10.1.